The first-order valence-corrected chi connectivity index (χ1v) is 10.8. The van der Waals surface area contributed by atoms with E-state index in [1.165, 1.54) is 35.6 Å². The topological polar surface area (TPSA) is 35.5 Å². The summed E-state index contributed by atoms with van der Waals surface area (Å²) in [5.74, 6) is 0.202. The normalized spacial score (nSPS) is 22.7. The smallest absolute Gasteiger partial charge is 0.0728 e. The largest absolute Gasteiger partial charge is 0.389 e. The minimum Gasteiger partial charge on any atom is -0.389 e. The molecule has 1 aliphatic carbocycles. The molecule has 2 fully saturated rings. The number of hydrogen-bond acceptors (Lipinski definition) is 3. The van der Waals surface area contributed by atoms with Crippen LogP contribution >= 0.6 is 0 Å². The van der Waals surface area contributed by atoms with Gasteiger partial charge in [-0.05, 0) is 62.2 Å². The number of aliphatic hydroxyl groups is 1. The molecule has 1 saturated heterocycles. The second kappa shape index (κ2) is 8.30. The molecule has 0 amide bonds. The highest BCUT2D eigenvalue weighted by Crippen LogP contribution is 2.41. The Bertz CT molecular complexity index is 745. The van der Waals surface area contributed by atoms with Gasteiger partial charge in [0.2, 0.25) is 0 Å². The van der Waals surface area contributed by atoms with Crippen molar-refractivity contribution in [2.45, 2.75) is 62.5 Å². The molecule has 0 bridgehead atoms. The first kappa shape index (κ1) is 18.9. The highest BCUT2D eigenvalue weighted by Gasteiger charge is 2.40. The molecule has 1 saturated carbocycles. The predicted octanol–water partition coefficient (Wildman–Crippen LogP) is 4.30. The summed E-state index contributed by atoms with van der Waals surface area (Å²) in [5.41, 5.74) is 0.759. The Morgan fingerprint density at radius 3 is 2.44 bits per heavy atom. The van der Waals surface area contributed by atoms with Crippen molar-refractivity contribution in [2.24, 2.45) is 0 Å². The van der Waals surface area contributed by atoms with E-state index in [0.29, 0.717) is 6.04 Å². The number of benzene rings is 2. The van der Waals surface area contributed by atoms with Crippen LogP contribution in [0.2, 0.25) is 0 Å². The maximum Gasteiger partial charge on any atom is 0.0728 e. The number of nitrogens with zero attached hydrogens (tertiary/aromatic N) is 1. The van der Waals surface area contributed by atoms with Crippen molar-refractivity contribution in [2.75, 3.05) is 26.7 Å². The first-order chi connectivity index (χ1) is 13.2. The summed E-state index contributed by atoms with van der Waals surface area (Å²) in [6.45, 7) is 3.24. The van der Waals surface area contributed by atoms with Crippen LogP contribution in [-0.4, -0.2) is 48.3 Å². The van der Waals surface area contributed by atoms with E-state index in [-0.39, 0.29) is 5.92 Å². The predicted molar refractivity (Wildman–Crippen MR) is 113 cm³/mol. The maximum absolute atomic E-state index is 11.6. The summed E-state index contributed by atoms with van der Waals surface area (Å²) in [7, 11) is 2.07. The Kier molecular flexibility index (Phi) is 5.82. The Balaban J connectivity index is 1.61. The second-order valence-electron chi connectivity index (χ2n) is 8.69. The van der Waals surface area contributed by atoms with Gasteiger partial charge in [0.05, 0.1) is 5.60 Å². The molecule has 1 heterocycles. The molecule has 0 radical (unpaired) electrons. The first-order valence-electron chi connectivity index (χ1n) is 10.8. The van der Waals surface area contributed by atoms with Crippen molar-refractivity contribution in [3.8, 4) is 0 Å². The molecule has 2 N–H and O–H groups in total. The highest BCUT2D eigenvalue weighted by molar-refractivity contribution is 5.83. The summed E-state index contributed by atoms with van der Waals surface area (Å²) in [6.07, 6.45) is 7.87. The van der Waals surface area contributed by atoms with Crippen molar-refractivity contribution in [3.05, 3.63) is 48.0 Å². The van der Waals surface area contributed by atoms with Crippen LogP contribution in [0.15, 0.2) is 42.5 Å². The van der Waals surface area contributed by atoms with Crippen LogP contribution in [0.4, 0.5) is 0 Å². The molecule has 2 aromatic carbocycles. The lowest BCUT2D eigenvalue weighted by Gasteiger charge is -2.43. The van der Waals surface area contributed by atoms with Gasteiger partial charge in [0.15, 0.2) is 0 Å². The third-order valence-electron chi connectivity index (χ3n) is 6.98. The Hall–Kier alpha value is -1.42. The minimum atomic E-state index is -0.555. The van der Waals surface area contributed by atoms with Gasteiger partial charge in [-0.3, -0.25) is 0 Å². The zero-order chi connectivity index (χ0) is 18.7. The molecule has 2 aliphatic rings. The standard InChI is InChI=1S/C24H34N2O/c1-25-22-11-15-26(16-12-22)18-23(24(27)13-5-2-6-14-24)21-10-9-19-7-3-4-8-20(19)17-21/h3-4,7-10,17,22-23,25,27H,2,5-6,11-16,18H2,1H3. The number of fused-ring (bicyclic) bond motifs is 1. The lowest BCUT2D eigenvalue weighted by atomic mass is 9.72. The fourth-order valence-electron chi connectivity index (χ4n) is 5.19. The SMILES string of the molecule is CNC1CCN(CC(c2ccc3ccccc3c2)C2(O)CCCCC2)CC1. The van der Waals surface area contributed by atoms with E-state index in [1.54, 1.807) is 0 Å². The van der Waals surface area contributed by atoms with Gasteiger partial charge in [-0.15, -0.1) is 0 Å². The van der Waals surface area contributed by atoms with Crippen LogP contribution in [0.5, 0.6) is 0 Å². The zero-order valence-corrected chi connectivity index (χ0v) is 16.7. The molecule has 1 atom stereocenters. The average molecular weight is 367 g/mol. The molecule has 146 valence electrons. The van der Waals surface area contributed by atoms with Crippen LogP contribution in [0.1, 0.15) is 56.4 Å². The molecule has 27 heavy (non-hydrogen) atoms. The van der Waals surface area contributed by atoms with Gasteiger partial charge >= 0.3 is 0 Å². The lowest BCUT2D eigenvalue weighted by molar-refractivity contribution is -0.0326. The summed E-state index contributed by atoms with van der Waals surface area (Å²) >= 11 is 0. The number of likely N-dealkylation sites (tertiary alicyclic amines) is 1. The summed E-state index contributed by atoms with van der Waals surface area (Å²) in [6, 6.07) is 16.0. The maximum atomic E-state index is 11.6. The average Bonchev–Trinajstić information content (AvgIpc) is 2.72. The number of piperidine rings is 1. The Morgan fingerprint density at radius 2 is 1.74 bits per heavy atom. The molecule has 4 rings (SSSR count). The van der Waals surface area contributed by atoms with Crippen LogP contribution < -0.4 is 5.32 Å². The van der Waals surface area contributed by atoms with Crippen molar-refractivity contribution in [3.63, 3.8) is 0 Å². The number of rotatable bonds is 5. The van der Waals surface area contributed by atoms with E-state index in [1.807, 2.05) is 0 Å². The van der Waals surface area contributed by atoms with E-state index in [0.717, 1.165) is 45.3 Å². The van der Waals surface area contributed by atoms with Gasteiger partial charge in [-0.25, -0.2) is 0 Å². The van der Waals surface area contributed by atoms with E-state index >= 15 is 0 Å². The fraction of sp³-hybridized carbons (Fsp3) is 0.583. The van der Waals surface area contributed by atoms with Crippen molar-refractivity contribution >= 4 is 10.8 Å². The fourth-order valence-corrected chi connectivity index (χ4v) is 5.19. The van der Waals surface area contributed by atoms with Gasteiger partial charge in [-0.2, -0.15) is 0 Å². The van der Waals surface area contributed by atoms with Crippen LogP contribution in [0.3, 0.4) is 0 Å². The van der Waals surface area contributed by atoms with Gasteiger partial charge in [0.25, 0.3) is 0 Å². The highest BCUT2D eigenvalue weighted by atomic mass is 16.3. The van der Waals surface area contributed by atoms with Crippen molar-refractivity contribution in [1.82, 2.24) is 10.2 Å². The van der Waals surface area contributed by atoms with Crippen LogP contribution in [0, 0.1) is 0 Å². The number of hydrogen-bond donors (Lipinski definition) is 2. The molecule has 2 aromatic rings. The van der Waals surface area contributed by atoms with Crippen LogP contribution in [0.25, 0.3) is 10.8 Å². The third kappa shape index (κ3) is 4.21. The Morgan fingerprint density at radius 1 is 1.04 bits per heavy atom. The van der Waals surface area contributed by atoms with Crippen molar-refractivity contribution in [1.29, 1.82) is 0 Å². The minimum absolute atomic E-state index is 0.202. The van der Waals surface area contributed by atoms with E-state index in [2.05, 4.69) is 59.7 Å². The Labute approximate surface area is 163 Å². The molecule has 0 spiro atoms. The summed E-state index contributed by atoms with van der Waals surface area (Å²) in [4.78, 5) is 2.58. The van der Waals surface area contributed by atoms with E-state index < -0.39 is 5.60 Å². The summed E-state index contributed by atoms with van der Waals surface area (Å²) < 4.78 is 0. The quantitative estimate of drug-likeness (QED) is 0.828. The monoisotopic (exact) mass is 366 g/mol. The van der Waals surface area contributed by atoms with Crippen molar-refractivity contribution < 1.29 is 5.11 Å². The molecule has 1 aliphatic heterocycles. The van der Waals surface area contributed by atoms with Crippen LogP contribution in [-0.2, 0) is 0 Å². The molecule has 0 aromatic heterocycles. The van der Waals surface area contributed by atoms with Gasteiger partial charge < -0.3 is 15.3 Å². The van der Waals surface area contributed by atoms with Gasteiger partial charge in [0, 0.05) is 18.5 Å². The molecule has 3 nitrogen and oxygen atoms in total. The molecule has 1 unspecified atom stereocenters. The second-order valence-corrected chi connectivity index (χ2v) is 8.69. The van der Waals surface area contributed by atoms with E-state index in [9.17, 15) is 5.11 Å². The van der Waals surface area contributed by atoms with E-state index in [4.69, 9.17) is 0 Å². The zero-order valence-electron chi connectivity index (χ0n) is 16.7. The summed E-state index contributed by atoms with van der Waals surface area (Å²) in [5, 5.41) is 17.6. The lowest BCUT2D eigenvalue weighted by Crippen LogP contribution is -2.48. The third-order valence-corrected chi connectivity index (χ3v) is 6.98. The molecular weight excluding hydrogens is 332 g/mol. The van der Waals surface area contributed by atoms with Gasteiger partial charge in [0.1, 0.15) is 0 Å². The number of nitrogens with one attached hydrogen (secondary N) is 1. The van der Waals surface area contributed by atoms with Gasteiger partial charge in [-0.1, -0.05) is 61.7 Å². The molecule has 3 heteroatoms. The molecular formula is C24H34N2O.